The number of pyridine rings is 1. The van der Waals surface area contributed by atoms with E-state index in [4.69, 9.17) is 9.47 Å². The first-order valence-electron chi connectivity index (χ1n) is 10.2. The van der Waals surface area contributed by atoms with Crippen molar-refractivity contribution in [2.75, 3.05) is 7.11 Å². The normalized spacial score (nSPS) is 11.3. The summed E-state index contributed by atoms with van der Waals surface area (Å²) in [6.45, 7) is -6.07. The van der Waals surface area contributed by atoms with E-state index in [2.05, 4.69) is 24.4 Å². The van der Waals surface area contributed by atoms with Crippen LogP contribution in [0.3, 0.4) is 0 Å². The minimum atomic E-state index is -3.21. The molecule has 0 spiro atoms. The summed E-state index contributed by atoms with van der Waals surface area (Å²) in [5.74, 6) is 0.246. The van der Waals surface area contributed by atoms with Crippen molar-refractivity contribution in [3.8, 4) is 23.0 Å². The number of halogens is 4. The van der Waals surface area contributed by atoms with Crippen LogP contribution < -0.4 is 18.9 Å². The van der Waals surface area contributed by atoms with E-state index in [-0.39, 0.29) is 5.52 Å². The van der Waals surface area contributed by atoms with Crippen molar-refractivity contribution < 1.29 is 36.5 Å². The number of ether oxygens (including phenoxy) is 4. The number of methoxy groups -OCH3 is 1. The third-order valence-corrected chi connectivity index (χ3v) is 5.57. The van der Waals surface area contributed by atoms with Crippen molar-refractivity contribution in [2.45, 2.75) is 30.7 Å². The molecule has 0 aliphatic heterocycles. The first-order chi connectivity index (χ1) is 16.9. The molecule has 4 rings (SSSR count). The van der Waals surface area contributed by atoms with Crippen LogP contribution in [0, 0.1) is 0 Å². The maximum Gasteiger partial charge on any atom is 0.387 e. The van der Waals surface area contributed by atoms with Crippen LogP contribution in [0.2, 0.25) is 0 Å². The first-order valence-corrected chi connectivity index (χ1v) is 11.2. The summed E-state index contributed by atoms with van der Waals surface area (Å²) in [7, 11) is 1.51. The highest BCUT2D eigenvalue weighted by atomic mass is 32.2. The lowest BCUT2D eigenvalue weighted by molar-refractivity contribution is -0.0690. The fourth-order valence-electron chi connectivity index (χ4n) is 3.22. The predicted octanol–water partition coefficient (Wildman–Crippen LogP) is 6.04. The van der Waals surface area contributed by atoms with E-state index in [9.17, 15) is 17.6 Å². The Hall–Kier alpha value is -3.67. The van der Waals surface area contributed by atoms with Gasteiger partial charge in [-0.3, -0.25) is 4.98 Å². The monoisotopic (exact) mass is 509 g/mol. The fourth-order valence-corrected chi connectivity index (χ4v) is 4.04. The van der Waals surface area contributed by atoms with Gasteiger partial charge >= 0.3 is 13.2 Å². The zero-order valence-electron chi connectivity index (χ0n) is 18.2. The molecular weight excluding hydrogens is 490 g/mol. The largest absolute Gasteiger partial charge is 0.491 e. The van der Waals surface area contributed by atoms with Gasteiger partial charge in [0.05, 0.1) is 23.8 Å². The van der Waals surface area contributed by atoms with E-state index in [1.54, 1.807) is 12.3 Å². The SMILES string of the molecule is COc1c(OCc2ccccc2)ccnc1CSc1nc2cc(OC(F)F)c(OC(F)F)cc2[nH]1. The van der Waals surface area contributed by atoms with Gasteiger partial charge in [-0.25, -0.2) is 4.98 Å². The second-order valence-corrected chi connectivity index (χ2v) is 7.93. The molecule has 0 fully saturated rings. The Balaban J connectivity index is 1.51. The van der Waals surface area contributed by atoms with Gasteiger partial charge in [0.25, 0.3) is 0 Å². The van der Waals surface area contributed by atoms with E-state index in [1.807, 2.05) is 30.3 Å². The quantitative estimate of drug-likeness (QED) is 0.195. The van der Waals surface area contributed by atoms with E-state index in [0.717, 1.165) is 17.7 Å². The highest BCUT2D eigenvalue weighted by Gasteiger charge is 2.19. The number of nitrogens with zero attached hydrogens (tertiary/aromatic N) is 2. The molecule has 4 aromatic rings. The summed E-state index contributed by atoms with van der Waals surface area (Å²) >= 11 is 1.25. The van der Waals surface area contributed by atoms with Crippen molar-refractivity contribution in [1.82, 2.24) is 15.0 Å². The van der Waals surface area contributed by atoms with Crippen LogP contribution >= 0.6 is 11.8 Å². The number of rotatable bonds is 11. The van der Waals surface area contributed by atoms with E-state index in [1.165, 1.54) is 18.9 Å². The second-order valence-electron chi connectivity index (χ2n) is 6.97. The van der Waals surface area contributed by atoms with E-state index < -0.39 is 24.7 Å². The van der Waals surface area contributed by atoms with Crippen LogP contribution in [0.15, 0.2) is 59.9 Å². The summed E-state index contributed by atoms with van der Waals surface area (Å²) < 4.78 is 70.7. The summed E-state index contributed by atoms with van der Waals surface area (Å²) in [4.78, 5) is 11.6. The van der Waals surface area contributed by atoms with Crippen molar-refractivity contribution in [3.63, 3.8) is 0 Å². The van der Waals surface area contributed by atoms with E-state index >= 15 is 0 Å². The number of imidazole rings is 1. The third-order valence-electron chi connectivity index (χ3n) is 4.69. The van der Waals surface area contributed by atoms with Crippen molar-refractivity contribution in [2.24, 2.45) is 0 Å². The molecule has 184 valence electrons. The molecule has 2 heterocycles. The molecule has 0 unspecified atom stereocenters. The van der Waals surface area contributed by atoms with Crippen LogP contribution in [0.25, 0.3) is 11.0 Å². The number of nitrogens with one attached hydrogen (secondary N) is 1. The van der Waals surface area contributed by atoms with Gasteiger partial charge in [-0.2, -0.15) is 17.6 Å². The number of thioether (sulfide) groups is 1. The van der Waals surface area contributed by atoms with E-state index in [0.29, 0.717) is 40.2 Å². The minimum absolute atomic E-state index is 0.240. The molecule has 0 atom stereocenters. The van der Waals surface area contributed by atoms with Gasteiger partial charge in [0.2, 0.25) is 0 Å². The number of aromatic amines is 1. The van der Waals surface area contributed by atoms with Gasteiger partial charge in [-0.05, 0) is 5.56 Å². The number of hydrogen-bond acceptors (Lipinski definition) is 7. The maximum absolute atomic E-state index is 12.7. The van der Waals surface area contributed by atoms with Gasteiger partial charge in [0.15, 0.2) is 28.2 Å². The van der Waals surface area contributed by atoms with Crippen LogP contribution in [-0.4, -0.2) is 35.3 Å². The summed E-state index contributed by atoms with van der Waals surface area (Å²) in [5, 5.41) is 0.400. The van der Waals surface area contributed by atoms with Crippen molar-refractivity contribution in [3.05, 3.63) is 66.0 Å². The standard InChI is InChI=1S/C23H19F4N3O4S/c1-31-20-16(28-8-7-17(20)32-11-13-5-3-2-4-6-13)12-35-23-29-14-9-18(33-21(24)25)19(34-22(26)27)10-15(14)30-23/h2-10,21-22H,11-12H2,1H3,(H,29,30). The second kappa shape index (κ2) is 11.2. The Morgan fingerprint density at radius 2 is 1.66 bits per heavy atom. The zero-order chi connectivity index (χ0) is 24.8. The number of alkyl halides is 4. The van der Waals surface area contributed by atoms with Crippen molar-refractivity contribution >= 4 is 22.8 Å². The fraction of sp³-hybridized carbons (Fsp3) is 0.217. The highest BCUT2D eigenvalue weighted by molar-refractivity contribution is 7.98. The molecule has 0 amide bonds. The Kier molecular flexibility index (Phi) is 7.80. The van der Waals surface area contributed by atoms with Gasteiger partial charge in [0, 0.05) is 30.1 Å². The van der Waals surface area contributed by atoms with Crippen LogP contribution in [0.1, 0.15) is 11.3 Å². The maximum atomic E-state index is 12.7. The molecule has 0 aliphatic rings. The first kappa shape index (κ1) is 24.5. The molecule has 2 aromatic carbocycles. The number of benzene rings is 2. The molecule has 0 aliphatic carbocycles. The average Bonchev–Trinajstić information content (AvgIpc) is 3.23. The van der Waals surface area contributed by atoms with Crippen LogP contribution in [-0.2, 0) is 12.4 Å². The number of hydrogen-bond donors (Lipinski definition) is 1. The number of aromatic nitrogens is 3. The molecule has 0 saturated carbocycles. The average molecular weight is 509 g/mol. The molecule has 1 N–H and O–H groups in total. The number of H-pyrrole nitrogens is 1. The molecule has 2 aromatic heterocycles. The van der Waals surface area contributed by atoms with Crippen molar-refractivity contribution in [1.29, 1.82) is 0 Å². The Morgan fingerprint density at radius 3 is 2.34 bits per heavy atom. The Morgan fingerprint density at radius 1 is 0.943 bits per heavy atom. The molecular formula is C23H19F4N3O4S. The van der Waals surface area contributed by atoms with Gasteiger partial charge in [-0.15, -0.1) is 0 Å². The smallest absolute Gasteiger partial charge is 0.387 e. The molecule has 0 radical (unpaired) electrons. The minimum Gasteiger partial charge on any atom is -0.491 e. The van der Waals surface area contributed by atoms with Crippen LogP contribution in [0.5, 0.6) is 23.0 Å². The lowest BCUT2D eigenvalue weighted by Gasteiger charge is -2.13. The highest BCUT2D eigenvalue weighted by Crippen LogP contribution is 2.37. The van der Waals surface area contributed by atoms with Gasteiger partial charge < -0.3 is 23.9 Å². The summed E-state index contributed by atoms with van der Waals surface area (Å²) in [5.41, 5.74) is 2.14. The molecule has 7 nitrogen and oxygen atoms in total. The molecule has 12 heteroatoms. The summed E-state index contributed by atoms with van der Waals surface area (Å²) in [6.07, 6.45) is 1.60. The van der Waals surface area contributed by atoms with Crippen LogP contribution in [0.4, 0.5) is 17.6 Å². The lowest BCUT2D eigenvalue weighted by atomic mass is 10.2. The Bertz CT molecular complexity index is 1230. The predicted molar refractivity (Wildman–Crippen MR) is 120 cm³/mol. The third kappa shape index (κ3) is 6.27. The summed E-state index contributed by atoms with van der Waals surface area (Å²) in [6, 6.07) is 13.6. The molecule has 35 heavy (non-hydrogen) atoms. The lowest BCUT2D eigenvalue weighted by Crippen LogP contribution is -2.07. The topological polar surface area (TPSA) is 78.5 Å². The number of fused-ring (bicyclic) bond motifs is 1. The Labute approximate surface area is 201 Å². The zero-order valence-corrected chi connectivity index (χ0v) is 19.0. The van der Waals surface area contributed by atoms with Gasteiger partial charge in [-0.1, -0.05) is 42.1 Å². The molecule has 0 bridgehead atoms. The molecule has 0 saturated heterocycles. The van der Waals surface area contributed by atoms with Gasteiger partial charge in [0.1, 0.15) is 6.61 Å².